The summed E-state index contributed by atoms with van der Waals surface area (Å²) < 4.78 is 5.76. The lowest BCUT2D eigenvalue weighted by molar-refractivity contribution is 0.259. The second kappa shape index (κ2) is 6.92. The van der Waals surface area contributed by atoms with Gasteiger partial charge in [0.1, 0.15) is 12.4 Å². The lowest BCUT2D eigenvalue weighted by Crippen LogP contribution is -2.04. The van der Waals surface area contributed by atoms with Gasteiger partial charge in [-0.05, 0) is 36.2 Å². The highest BCUT2D eigenvalue weighted by molar-refractivity contribution is 5.37. The third-order valence-corrected chi connectivity index (χ3v) is 2.97. The van der Waals surface area contributed by atoms with Crippen LogP contribution >= 0.6 is 0 Å². The molecule has 0 aromatic heterocycles. The number of hydrogen-bond acceptors (Lipinski definition) is 3. The SMILES string of the molecule is NCCc1ccc(OCc2ccccc2)c(CO)c1. The van der Waals surface area contributed by atoms with E-state index in [0.717, 1.165) is 28.9 Å². The molecule has 2 aromatic carbocycles. The van der Waals surface area contributed by atoms with Gasteiger partial charge in [-0.25, -0.2) is 0 Å². The number of rotatable bonds is 6. The van der Waals surface area contributed by atoms with E-state index < -0.39 is 0 Å². The largest absolute Gasteiger partial charge is 0.489 e. The molecule has 100 valence electrons. The number of benzene rings is 2. The van der Waals surface area contributed by atoms with Crippen LogP contribution in [0.4, 0.5) is 0 Å². The topological polar surface area (TPSA) is 55.5 Å². The van der Waals surface area contributed by atoms with E-state index in [1.807, 2.05) is 48.5 Å². The predicted molar refractivity (Wildman–Crippen MR) is 75.9 cm³/mol. The van der Waals surface area contributed by atoms with Crippen molar-refractivity contribution in [1.29, 1.82) is 0 Å². The van der Waals surface area contributed by atoms with Crippen molar-refractivity contribution in [3.8, 4) is 5.75 Å². The summed E-state index contributed by atoms with van der Waals surface area (Å²) in [5, 5.41) is 9.40. The van der Waals surface area contributed by atoms with Crippen molar-refractivity contribution >= 4 is 0 Å². The molecule has 0 atom stereocenters. The molecule has 0 saturated heterocycles. The summed E-state index contributed by atoms with van der Waals surface area (Å²) in [6.07, 6.45) is 0.811. The highest BCUT2D eigenvalue weighted by Gasteiger charge is 2.05. The molecule has 0 saturated carbocycles. The molecule has 0 fully saturated rings. The number of aliphatic hydroxyl groups excluding tert-OH is 1. The van der Waals surface area contributed by atoms with E-state index in [4.69, 9.17) is 10.5 Å². The number of ether oxygens (including phenoxy) is 1. The van der Waals surface area contributed by atoms with Gasteiger partial charge in [0, 0.05) is 5.56 Å². The zero-order valence-electron chi connectivity index (χ0n) is 10.9. The molecule has 0 radical (unpaired) electrons. The average molecular weight is 257 g/mol. The quantitative estimate of drug-likeness (QED) is 0.834. The van der Waals surface area contributed by atoms with Gasteiger partial charge in [0.15, 0.2) is 0 Å². The maximum Gasteiger partial charge on any atom is 0.125 e. The van der Waals surface area contributed by atoms with Crippen molar-refractivity contribution in [2.45, 2.75) is 19.6 Å². The van der Waals surface area contributed by atoms with Crippen LogP contribution in [0.3, 0.4) is 0 Å². The van der Waals surface area contributed by atoms with Gasteiger partial charge in [0.25, 0.3) is 0 Å². The molecule has 0 aliphatic carbocycles. The van der Waals surface area contributed by atoms with E-state index in [9.17, 15) is 5.11 Å². The van der Waals surface area contributed by atoms with Crippen molar-refractivity contribution in [2.24, 2.45) is 5.73 Å². The summed E-state index contributed by atoms with van der Waals surface area (Å²) in [5.41, 5.74) is 8.57. The van der Waals surface area contributed by atoms with Gasteiger partial charge in [-0.1, -0.05) is 36.4 Å². The van der Waals surface area contributed by atoms with E-state index in [0.29, 0.717) is 13.2 Å². The van der Waals surface area contributed by atoms with Gasteiger partial charge in [-0.2, -0.15) is 0 Å². The number of hydrogen-bond donors (Lipinski definition) is 2. The molecule has 2 aromatic rings. The van der Waals surface area contributed by atoms with Crippen LogP contribution in [0.5, 0.6) is 5.75 Å². The summed E-state index contributed by atoms with van der Waals surface area (Å²) in [6, 6.07) is 15.8. The Balaban J connectivity index is 2.07. The van der Waals surface area contributed by atoms with E-state index in [1.54, 1.807) is 0 Å². The highest BCUT2D eigenvalue weighted by Crippen LogP contribution is 2.21. The number of nitrogens with two attached hydrogens (primary N) is 1. The third-order valence-electron chi connectivity index (χ3n) is 2.97. The minimum Gasteiger partial charge on any atom is -0.489 e. The van der Waals surface area contributed by atoms with Crippen LogP contribution in [0.25, 0.3) is 0 Å². The maximum atomic E-state index is 9.40. The summed E-state index contributed by atoms with van der Waals surface area (Å²) in [7, 11) is 0. The Kier molecular flexibility index (Phi) is 4.95. The molecular formula is C16H19NO2. The van der Waals surface area contributed by atoms with Crippen LogP contribution in [0, 0.1) is 0 Å². The van der Waals surface area contributed by atoms with Gasteiger partial charge < -0.3 is 15.6 Å². The van der Waals surface area contributed by atoms with Crippen molar-refractivity contribution < 1.29 is 9.84 Å². The molecular weight excluding hydrogens is 238 g/mol. The first kappa shape index (κ1) is 13.6. The van der Waals surface area contributed by atoms with Crippen molar-refractivity contribution in [3.05, 3.63) is 65.2 Å². The first-order chi connectivity index (χ1) is 9.33. The zero-order valence-corrected chi connectivity index (χ0v) is 10.9. The fraction of sp³-hybridized carbons (Fsp3) is 0.250. The normalized spacial score (nSPS) is 10.4. The lowest BCUT2D eigenvalue weighted by Gasteiger charge is -2.11. The second-order valence-corrected chi connectivity index (χ2v) is 4.41. The summed E-state index contributed by atoms with van der Waals surface area (Å²) in [5.74, 6) is 0.729. The second-order valence-electron chi connectivity index (χ2n) is 4.41. The van der Waals surface area contributed by atoms with Crippen molar-refractivity contribution in [3.63, 3.8) is 0 Å². The molecule has 3 nitrogen and oxygen atoms in total. The third kappa shape index (κ3) is 3.81. The monoisotopic (exact) mass is 257 g/mol. The average Bonchev–Trinajstić information content (AvgIpc) is 2.47. The molecule has 0 spiro atoms. The molecule has 0 heterocycles. The lowest BCUT2D eigenvalue weighted by atomic mass is 10.1. The van der Waals surface area contributed by atoms with Crippen LogP contribution in [-0.4, -0.2) is 11.7 Å². The minimum absolute atomic E-state index is 0.0253. The predicted octanol–water partition coefficient (Wildman–Crippen LogP) is 2.26. The standard InChI is InChI=1S/C16H19NO2/c17-9-8-13-6-7-16(15(10-13)11-18)19-12-14-4-2-1-3-5-14/h1-7,10,18H,8-9,11-12,17H2. The van der Waals surface area contributed by atoms with Crippen LogP contribution in [0.15, 0.2) is 48.5 Å². The zero-order chi connectivity index (χ0) is 13.5. The Labute approximate surface area is 113 Å². The molecule has 3 N–H and O–H groups in total. The molecule has 0 amide bonds. The maximum absolute atomic E-state index is 9.40. The van der Waals surface area contributed by atoms with Gasteiger partial charge in [-0.15, -0.1) is 0 Å². The first-order valence-corrected chi connectivity index (χ1v) is 6.43. The van der Waals surface area contributed by atoms with Gasteiger partial charge in [0.2, 0.25) is 0 Å². The van der Waals surface area contributed by atoms with Gasteiger partial charge >= 0.3 is 0 Å². The molecule has 0 unspecified atom stereocenters. The molecule has 0 aliphatic heterocycles. The Hall–Kier alpha value is -1.84. The van der Waals surface area contributed by atoms with Crippen LogP contribution in [0.2, 0.25) is 0 Å². The van der Waals surface area contributed by atoms with Gasteiger partial charge in [0.05, 0.1) is 6.61 Å². The van der Waals surface area contributed by atoms with E-state index in [2.05, 4.69) is 0 Å². The van der Waals surface area contributed by atoms with Crippen LogP contribution in [-0.2, 0) is 19.6 Å². The Morgan fingerprint density at radius 2 is 1.79 bits per heavy atom. The molecule has 0 aliphatic rings. The fourth-order valence-electron chi connectivity index (χ4n) is 1.95. The molecule has 19 heavy (non-hydrogen) atoms. The van der Waals surface area contributed by atoms with Crippen LogP contribution < -0.4 is 10.5 Å². The molecule has 0 bridgehead atoms. The smallest absolute Gasteiger partial charge is 0.125 e. The van der Waals surface area contributed by atoms with Gasteiger partial charge in [-0.3, -0.25) is 0 Å². The van der Waals surface area contributed by atoms with Crippen molar-refractivity contribution in [1.82, 2.24) is 0 Å². The summed E-state index contributed by atoms with van der Waals surface area (Å²) >= 11 is 0. The summed E-state index contributed by atoms with van der Waals surface area (Å²) in [4.78, 5) is 0. The highest BCUT2D eigenvalue weighted by atomic mass is 16.5. The van der Waals surface area contributed by atoms with Crippen molar-refractivity contribution in [2.75, 3.05) is 6.54 Å². The van der Waals surface area contributed by atoms with Crippen LogP contribution in [0.1, 0.15) is 16.7 Å². The Morgan fingerprint density at radius 1 is 1.00 bits per heavy atom. The number of aliphatic hydroxyl groups is 1. The molecule has 3 heteroatoms. The van der Waals surface area contributed by atoms with E-state index >= 15 is 0 Å². The first-order valence-electron chi connectivity index (χ1n) is 6.43. The Bertz CT molecular complexity index is 511. The Morgan fingerprint density at radius 3 is 2.47 bits per heavy atom. The fourth-order valence-corrected chi connectivity index (χ4v) is 1.95. The summed E-state index contributed by atoms with van der Waals surface area (Å²) in [6.45, 7) is 1.09. The molecule has 2 rings (SSSR count). The van der Waals surface area contributed by atoms with E-state index in [-0.39, 0.29) is 6.61 Å². The minimum atomic E-state index is -0.0253. The van der Waals surface area contributed by atoms with E-state index in [1.165, 1.54) is 0 Å².